The van der Waals surface area contributed by atoms with Crippen LogP contribution in [0.25, 0.3) is 0 Å². The Kier molecular flexibility index (Phi) is 2.72. The molecule has 1 N–H and O–H groups in total. The molecule has 2 rings (SSSR count). The maximum atomic E-state index is 4.16. The van der Waals surface area contributed by atoms with Gasteiger partial charge in [-0.05, 0) is 18.8 Å². The van der Waals surface area contributed by atoms with Crippen molar-refractivity contribution in [2.24, 2.45) is 5.92 Å². The predicted octanol–water partition coefficient (Wildman–Crippen LogP) is 2.87. The van der Waals surface area contributed by atoms with Crippen LogP contribution in [0.3, 0.4) is 0 Å². The van der Waals surface area contributed by atoms with Crippen molar-refractivity contribution in [1.29, 1.82) is 0 Å². The van der Waals surface area contributed by atoms with Gasteiger partial charge < -0.3 is 5.32 Å². The minimum atomic E-state index is 0.488. The highest BCUT2D eigenvalue weighted by Gasteiger charge is 2.27. The van der Waals surface area contributed by atoms with Gasteiger partial charge in [0.05, 0.1) is 0 Å². The van der Waals surface area contributed by atoms with Crippen molar-refractivity contribution in [3.05, 3.63) is 5.01 Å². The molecule has 1 heterocycles. The molecule has 0 aromatic carbocycles. The molecule has 1 aromatic rings. The van der Waals surface area contributed by atoms with Gasteiger partial charge in [-0.1, -0.05) is 32.1 Å². The van der Waals surface area contributed by atoms with Crippen LogP contribution in [-0.4, -0.2) is 16.2 Å². The third-order valence-electron chi connectivity index (χ3n) is 2.86. The summed E-state index contributed by atoms with van der Waals surface area (Å²) in [5.41, 5.74) is 0. The first kappa shape index (κ1) is 9.90. The fraction of sp³-hybridized carbons (Fsp3) is 0.800. The molecule has 1 aliphatic rings. The number of rotatable bonds is 3. The molecule has 2 atom stereocenters. The zero-order valence-corrected chi connectivity index (χ0v) is 9.77. The Labute approximate surface area is 88.9 Å². The Balaban J connectivity index is 1.96. The molecule has 0 saturated heterocycles. The maximum Gasteiger partial charge on any atom is 0.205 e. The fourth-order valence-electron chi connectivity index (χ4n) is 1.57. The molecule has 1 aromatic heterocycles. The third-order valence-corrected chi connectivity index (χ3v) is 4.02. The Morgan fingerprint density at radius 1 is 1.36 bits per heavy atom. The van der Waals surface area contributed by atoms with Gasteiger partial charge in [0.1, 0.15) is 5.01 Å². The van der Waals surface area contributed by atoms with Crippen LogP contribution in [0.2, 0.25) is 0 Å². The van der Waals surface area contributed by atoms with E-state index in [0.717, 1.165) is 16.1 Å². The number of anilines is 1. The van der Waals surface area contributed by atoms with Crippen molar-refractivity contribution in [3.63, 3.8) is 0 Å². The lowest BCUT2D eigenvalue weighted by molar-refractivity contribution is 0.303. The lowest BCUT2D eigenvalue weighted by Gasteiger charge is -2.34. The molecule has 0 aliphatic heterocycles. The SMILES string of the molecule is CC(C)c1nnc(NC2CCC2C)s1. The molecular formula is C10H17N3S. The smallest absolute Gasteiger partial charge is 0.205 e. The molecule has 4 heteroatoms. The number of nitrogens with one attached hydrogen (secondary N) is 1. The van der Waals surface area contributed by atoms with E-state index in [1.165, 1.54) is 12.8 Å². The lowest BCUT2D eigenvalue weighted by Crippen LogP contribution is -2.36. The van der Waals surface area contributed by atoms with Crippen LogP contribution in [0.15, 0.2) is 0 Å². The Morgan fingerprint density at radius 2 is 2.14 bits per heavy atom. The summed E-state index contributed by atoms with van der Waals surface area (Å²) < 4.78 is 0. The van der Waals surface area contributed by atoms with Gasteiger partial charge in [0.25, 0.3) is 0 Å². The molecule has 0 bridgehead atoms. The highest BCUT2D eigenvalue weighted by atomic mass is 32.1. The summed E-state index contributed by atoms with van der Waals surface area (Å²) in [7, 11) is 0. The lowest BCUT2D eigenvalue weighted by atomic mass is 9.81. The van der Waals surface area contributed by atoms with Crippen molar-refractivity contribution in [2.45, 2.75) is 45.6 Å². The van der Waals surface area contributed by atoms with Gasteiger partial charge in [0, 0.05) is 12.0 Å². The molecule has 1 saturated carbocycles. The first-order valence-corrected chi connectivity index (χ1v) is 6.08. The fourth-order valence-corrected chi connectivity index (χ4v) is 2.37. The largest absolute Gasteiger partial charge is 0.357 e. The van der Waals surface area contributed by atoms with Crippen molar-refractivity contribution in [2.75, 3.05) is 5.32 Å². The van der Waals surface area contributed by atoms with Gasteiger partial charge in [-0.15, -0.1) is 10.2 Å². The van der Waals surface area contributed by atoms with Gasteiger partial charge in [0.2, 0.25) is 5.13 Å². The first-order valence-electron chi connectivity index (χ1n) is 5.26. The van der Waals surface area contributed by atoms with E-state index in [1.54, 1.807) is 11.3 Å². The van der Waals surface area contributed by atoms with Gasteiger partial charge in [-0.3, -0.25) is 0 Å². The maximum absolute atomic E-state index is 4.16. The molecule has 1 fully saturated rings. The average molecular weight is 211 g/mol. The number of aromatic nitrogens is 2. The normalized spacial score (nSPS) is 26.3. The summed E-state index contributed by atoms with van der Waals surface area (Å²) in [5.74, 6) is 1.28. The zero-order valence-electron chi connectivity index (χ0n) is 8.95. The van der Waals surface area contributed by atoms with Gasteiger partial charge in [-0.25, -0.2) is 0 Å². The first-order chi connectivity index (χ1) is 6.66. The number of hydrogen-bond donors (Lipinski definition) is 1. The molecular weight excluding hydrogens is 194 g/mol. The molecule has 0 radical (unpaired) electrons. The Hall–Kier alpha value is -0.640. The van der Waals surface area contributed by atoms with Crippen LogP contribution >= 0.6 is 11.3 Å². The van der Waals surface area contributed by atoms with Crippen molar-refractivity contribution >= 4 is 16.5 Å². The van der Waals surface area contributed by atoms with E-state index in [9.17, 15) is 0 Å². The van der Waals surface area contributed by atoms with Crippen LogP contribution in [0.1, 0.15) is 44.5 Å². The molecule has 14 heavy (non-hydrogen) atoms. The summed E-state index contributed by atoms with van der Waals surface area (Å²) in [6, 6.07) is 0.628. The van der Waals surface area contributed by atoms with Gasteiger partial charge in [0.15, 0.2) is 0 Å². The minimum absolute atomic E-state index is 0.488. The van der Waals surface area contributed by atoms with E-state index in [0.29, 0.717) is 12.0 Å². The minimum Gasteiger partial charge on any atom is -0.357 e. The number of hydrogen-bond acceptors (Lipinski definition) is 4. The Bertz CT molecular complexity index is 308. The van der Waals surface area contributed by atoms with Crippen molar-refractivity contribution in [3.8, 4) is 0 Å². The van der Waals surface area contributed by atoms with Crippen LogP contribution in [0.4, 0.5) is 5.13 Å². The summed E-state index contributed by atoms with van der Waals surface area (Å²) in [6.07, 6.45) is 2.62. The van der Waals surface area contributed by atoms with Crippen molar-refractivity contribution < 1.29 is 0 Å². The monoisotopic (exact) mass is 211 g/mol. The van der Waals surface area contributed by atoms with Crippen LogP contribution in [-0.2, 0) is 0 Å². The topological polar surface area (TPSA) is 37.8 Å². The number of nitrogens with zero attached hydrogens (tertiary/aromatic N) is 2. The van der Waals surface area contributed by atoms with Gasteiger partial charge >= 0.3 is 0 Å². The molecule has 2 unspecified atom stereocenters. The van der Waals surface area contributed by atoms with Crippen molar-refractivity contribution in [1.82, 2.24) is 10.2 Å². The van der Waals surface area contributed by atoms with Crippen LogP contribution in [0, 0.1) is 5.92 Å². The van der Waals surface area contributed by atoms with E-state index in [1.807, 2.05) is 0 Å². The van der Waals surface area contributed by atoms with Crippen LogP contribution < -0.4 is 5.32 Å². The molecule has 78 valence electrons. The zero-order chi connectivity index (χ0) is 10.1. The predicted molar refractivity (Wildman–Crippen MR) is 59.8 cm³/mol. The Morgan fingerprint density at radius 3 is 2.57 bits per heavy atom. The second-order valence-corrected chi connectivity index (χ2v) is 5.41. The quantitative estimate of drug-likeness (QED) is 0.835. The second kappa shape index (κ2) is 3.85. The van der Waals surface area contributed by atoms with E-state index in [-0.39, 0.29) is 0 Å². The van der Waals surface area contributed by atoms with E-state index in [4.69, 9.17) is 0 Å². The van der Waals surface area contributed by atoms with Gasteiger partial charge in [-0.2, -0.15) is 0 Å². The standard InChI is InChI=1S/C10H17N3S/c1-6(2)9-12-13-10(14-9)11-8-5-4-7(8)3/h6-8H,4-5H2,1-3H3,(H,11,13). The average Bonchev–Trinajstić information content (AvgIpc) is 2.60. The third kappa shape index (κ3) is 1.90. The summed E-state index contributed by atoms with van der Waals surface area (Å²) >= 11 is 1.69. The van der Waals surface area contributed by atoms with Crippen LogP contribution in [0.5, 0.6) is 0 Å². The summed E-state index contributed by atoms with van der Waals surface area (Å²) in [6.45, 7) is 6.58. The molecule has 3 nitrogen and oxygen atoms in total. The van der Waals surface area contributed by atoms with E-state index >= 15 is 0 Å². The van der Waals surface area contributed by atoms with E-state index < -0.39 is 0 Å². The summed E-state index contributed by atoms with van der Waals surface area (Å²) in [4.78, 5) is 0. The molecule has 1 aliphatic carbocycles. The second-order valence-electron chi connectivity index (χ2n) is 4.41. The highest BCUT2D eigenvalue weighted by Crippen LogP contribution is 2.31. The molecule has 0 spiro atoms. The van der Waals surface area contributed by atoms with E-state index in [2.05, 4.69) is 36.3 Å². The molecule has 0 amide bonds. The summed E-state index contributed by atoms with van der Waals surface area (Å²) in [5, 5.41) is 13.9. The highest BCUT2D eigenvalue weighted by molar-refractivity contribution is 7.15.